The standard InChI is InChI=1S/C13H20N4O3S/c1-8(18)16-13-17-10(6-12(19)20)11(21-13)7-15-9-2-4-14-5-3-9/h9,14-15H,2-7H2,1H3,(H,19,20)(H,16,17,18). The number of carbonyl (C=O) groups is 2. The maximum absolute atomic E-state index is 11.1. The summed E-state index contributed by atoms with van der Waals surface area (Å²) in [5.41, 5.74) is 0.526. The molecule has 1 aliphatic rings. The summed E-state index contributed by atoms with van der Waals surface area (Å²) >= 11 is 1.33. The van der Waals surface area contributed by atoms with E-state index in [0.29, 0.717) is 23.4 Å². The summed E-state index contributed by atoms with van der Waals surface area (Å²) in [7, 11) is 0. The number of thiazole rings is 1. The minimum Gasteiger partial charge on any atom is -0.481 e. The number of hydrogen-bond acceptors (Lipinski definition) is 6. The van der Waals surface area contributed by atoms with E-state index in [9.17, 15) is 9.59 Å². The second-order valence-corrected chi connectivity index (χ2v) is 6.13. The van der Waals surface area contributed by atoms with Gasteiger partial charge >= 0.3 is 5.97 Å². The molecule has 1 aliphatic heterocycles. The number of piperidine rings is 1. The lowest BCUT2D eigenvalue weighted by Gasteiger charge is -2.23. The third-order valence-electron chi connectivity index (χ3n) is 3.27. The second-order valence-electron chi connectivity index (χ2n) is 5.05. The largest absolute Gasteiger partial charge is 0.481 e. The molecule has 2 rings (SSSR count). The smallest absolute Gasteiger partial charge is 0.309 e. The van der Waals surface area contributed by atoms with Crippen LogP contribution < -0.4 is 16.0 Å². The average Bonchev–Trinajstić information content (AvgIpc) is 2.77. The summed E-state index contributed by atoms with van der Waals surface area (Å²) in [4.78, 5) is 27.1. The Bertz CT molecular complexity index is 512. The molecule has 1 amide bonds. The number of carbonyl (C=O) groups excluding carboxylic acids is 1. The van der Waals surface area contributed by atoms with Gasteiger partial charge in [0.25, 0.3) is 0 Å². The number of nitrogens with zero attached hydrogens (tertiary/aromatic N) is 1. The van der Waals surface area contributed by atoms with Gasteiger partial charge in [-0.2, -0.15) is 0 Å². The van der Waals surface area contributed by atoms with Gasteiger partial charge in [0.1, 0.15) is 0 Å². The first kappa shape index (κ1) is 15.9. The first-order valence-electron chi connectivity index (χ1n) is 6.96. The van der Waals surface area contributed by atoms with E-state index >= 15 is 0 Å². The van der Waals surface area contributed by atoms with Crippen LogP contribution in [0.2, 0.25) is 0 Å². The van der Waals surface area contributed by atoms with E-state index in [2.05, 4.69) is 20.9 Å². The summed E-state index contributed by atoms with van der Waals surface area (Å²) in [6.07, 6.45) is 2.00. The third kappa shape index (κ3) is 5.07. The predicted octanol–water partition coefficient (Wildman–Crippen LogP) is 0.570. The lowest BCUT2D eigenvalue weighted by molar-refractivity contribution is -0.136. The highest BCUT2D eigenvalue weighted by molar-refractivity contribution is 7.15. The van der Waals surface area contributed by atoms with Crippen molar-refractivity contribution in [1.29, 1.82) is 0 Å². The first-order valence-corrected chi connectivity index (χ1v) is 7.78. The van der Waals surface area contributed by atoms with Gasteiger partial charge < -0.3 is 21.1 Å². The molecule has 0 aliphatic carbocycles. The van der Waals surface area contributed by atoms with Crippen LogP contribution in [0.5, 0.6) is 0 Å². The number of anilines is 1. The van der Waals surface area contributed by atoms with Crippen LogP contribution in [0.25, 0.3) is 0 Å². The predicted molar refractivity (Wildman–Crippen MR) is 80.5 cm³/mol. The van der Waals surface area contributed by atoms with Gasteiger partial charge in [0.15, 0.2) is 5.13 Å². The summed E-state index contributed by atoms with van der Waals surface area (Å²) < 4.78 is 0. The highest BCUT2D eigenvalue weighted by Crippen LogP contribution is 2.24. The summed E-state index contributed by atoms with van der Waals surface area (Å²) in [6, 6.07) is 0.440. The molecular weight excluding hydrogens is 292 g/mol. The molecule has 4 N–H and O–H groups in total. The molecule has 116 valence electrons. The Kier molecular flexibility index (Phi) is 5.66. The van der Waals surface area contributed by atoms with Crippen LogP contribution in [0.1, 0.15) is 30.3 Å². The summed E-state index contributed by atoms with van der Waals surface area (Å²) in [5.74, 6) is -1.12. The SMILES string of the molecule is CC(=O)Nc1nc(CC(=O)O)c(CNC2CCNCC2)s1. The highest BCUT2D eigenvalue weighted by Gasteiger charge is 2.17. The van der Waals surface area contributed by atoms with Crippen molar-refractivity contribution < 1.29 is 14.7 Å². The van der Waals surface area contributed by atoms with Crippen LogP contribution in [0.15, 0.2) is 0 Å². The molecule has 1 aromatic heterocycles. The van der Waals surface area contributed by atoms with Crippen molar-refractivity contribution in [2.45, 2.75) is 38.8 Å². The number of amides is 1. The molecule has 0 radical (unpaired) electrons. The lowest BCUT2D eigenvalue weighted by atomic mass is 10.1. The Morgan fingerprint density at radius 1 is 1.43 bits per heavy atom. The van der Waals surface area contributed by atoms with Crippen LogP contribution in [0.3, 0.4) is 0 Å². The van der Waals surface area contributed by atoms with Crippen molar-refractivity contribution in [3.63, 3.8) is 0 Å². The molecule has 8 heteroatoms. The topological polar surface area (TPSA) is 103 Å². The van der Waals surface area contributed by atoms with Crippen molar-refractivity contribution in [2.75, 3.05) is 18.4 Å². The quantitative estimate of drug-likeness (QED) is 0.612. The molecule has 1 fully saturated rings. The van der Waals surface area contributed by atoms with Gasteiger partial charge in [-0.25, -0.2) is 4.98 Å². The van der Waals surface area contributed by atoms with Gasteiger partial charge in [-0.15, -0.1) is 11.3 Å². The van der Waals surface area contributed by atoms with E-state index in [-0.39, 0.29) is 12.3 Å². The summed E-state index contributed by atoms with van der Waals surface area (Å²) in [5, 5.41) is 18.8. The molecular formula is C13H20N4O3S. The Labute approximate surface area is 127 Å². The molecule has 0 aromatic carbocycles. The fourth-order valence-corrected chi connectivity index (χ4v) is 3.25. The average molecular weight is 312 g/mol. The van der Waals surface area contributed by atoms with Gasteiger partial charge in [0.05, 0.1) is 12.1 Å². The third-order valence-corrected chi connectivity index (χ3v) is 4.28. The van der Waals surface area contributed by atoms with E-state index in [0.717, 1.165) is 30.8 Å². The molecule has 7 nitrogen and oxygen atoms in total. The van der Waals surface area contributed by atoms with Crippen molar-refractivity contribution in [1.82, 2.24) is 15.6 Å². The van der Waals surface area contributed by atoms with Gasteiger partial charge in [0.2, 0.25) is 5.91 Å². The van der Waals surface area contributed by atoms with Crippen molar-refractivity contribution in [2.24, 2.45) is 0 Å². The zero-order valence-electron chi connectivity index (χ0n) is 11.9. The number of rotatable bonds is 6. The van der Waals surface area contributed by atoms with Crippen LogP contribution >= 0.6 is 11.3 Å². The fraction of sp³-hybridized carbons (Fsp3) is 0.615. The van der Waals surface area contributed by atoms with Crippen LogP contribution in [0.4, 0.5) is 5.13 Å². The zero-order valence-corrected chi connectivity index (χ0v) is 12.8. The van der Waals surface area contributed by atoms with Gasteiger partial charge in [-0.05, 0) is 25.9 Å². The minimum atomic E-state index is -0.919. The van der Waals surface area contributed by atoms with E-state index in [1.165, 1.54) is 18.3 Å². The molecule has 0 bridgehead atoms. The Morgan fingerprint density at radius 2 is 2.14 bits per heavy atom. The summed E-state index contributed by atoms with van der Waals surface area (Å²) in [6.45, 7) is 3.99. The number of hydrogen-bond donors (Lipinski definition) is 4. The molecule has 1 aromatic rings. The molecule has 2 heterocycles. The maximum atomic E-state index is 11.1. The highest BCUT2D eigenvalue weighted by atomic mass is 32.1. The monoisotopic (exact) mass is 312 g/mol. The minimum absolute atomic E-state index is 0.126. The lowest BCUT2D eigenvalue weighted by Crippen LogP contribution is -2.39. The number of nitrogens with one attached hydrogen (secondary N) is 3. The maximum Gasteiger partial charge on any atom is 0.309 e. The molecule has 21 heavy (non-hydrogen) atoms. The van der Waals surface area contributed by atoms with Crippen LogP contribution in [-0.4, -0.2) is 41.1 Å². The normalized spacial score (nSPS) is 15.9. The number of aliphatic carboxylic acids is 1. The second kappa shape index (κ2) is 7.48. The molecule has 0 saturated carbocycles. The van der Waals surface area contributed by atoms with Gasteiger partial charge in [0, 0.05) is 24.4 Å². The Morgan fingerprint density at radius 3 is 2.76 bits per heavy atom. The van der Waals surface area contributed by atoms with Crippen LogP contribution in [-0.2, 0) is 22.6 Å². The number of carboxylic acids is 1. The Hall–Kier alpha value is -1.51. The molecule has 1 saturated heterocycles. The fourth-order valence-electron chi connectivity index (χ4n) is 2.27. The Balaban J connectivity index is 2.02. The molecule has 0 atom stereocenters. The molecule has 0 unspecified atom stereocenters. The number of aromatic nitrogens is 1. The van der Waals surface area contributed by atoms with Gasteiger partial charge in [-0.3, -0.25) is 9.59 Å². The van der Waals surface area contributed by atoms with E-state index in [1.54, 1.807) is 0 Å². The van der Waals surface area contributed by atoms with Crippen LogP contribution in [0, 0.1) is 0 Å². The van der Waals surface area contributed by atoms with Crippen molar-refractivity contribution in [3.05, 3.63) is 10.6 Å². The van der Waals surface area contributed by atoms with Gasteiger partial charge in [-0.1, -0.05) is 0 Å². The first-order chi connectivity index (χ1) is 10.0. The van der Waals surface area contributed by atoms with Crippen molar-refractivity contribution in [3.8, 4) is 0 Å². The van der Waals surface area contributed by atoms with E-state index < -0.39 is 5.97 Å². The van der Waals surface area contributed by atoms with E-state index in [1.807, 2.05) is 0 Å². The van der Waals surface area contributed by atoms with E-state index in [4.69, 9.17) is 5.11 Å². The zero-order chi connectivity index (χ0) is 15.2. The van der Waals surface area contributed by atoms with Crippen molar-refractivity contribution >= 4 is 28.3 Å². The molecule has 0 spiro atoms. The number of carboxylic acid groups (broad SMARTS) is 1.